The predicted octanol–water partition coefficient (Wildman–Crippen LogP) is 4.61. The molecule has 2 N–H and O–H groups in total. The number of benzene rings is 3. The summed E-state index contributed by atoms with van der Waals surface area (Å²) in [5, 5.41) is 21.4. The zero-order chi connectivity index (χ0) is 22.4. The Kier molecular flexibility index (Phi) is 4.87. The number of aromatic hydroxyl groups is 1. The number of carbonyl (C=O) groups excluding carboxylic acids is 2. The van der Waals surface area contributed by atoms with Crippen molar-refractivity contribution in [3.8, 4) is 11.5 Å². The molecule has 2 aliphatic heterocycles. The van der Waals surface area contributed by atoms with E-state index >= 15 is 0 Å². The van der Waals surface area contributed by atoms with E-state index in [1.807, 2.05) is 0 Å². The fourth-order valence-electron chi connectivity index (χ4n) is 4.16. The summed E-state index contributed by atoms with van der Waals surface area (Å²) in [5.74, 6) is -0.995. The number of hydrogen-bond donors (Lipinski definition) is 2. The van der Waals surface area contributed by atoms with Crippen molar-refractivity contribution < 1.29 is 24.5 Å². The van der Waals surface area contributed by atoms with Crippen LogP contribution in [0.25, 0.3) is 5.76 Å². The van der Waals surface area contributed by atoms with Crippen LogP contribution in [0.3, 0.4) is 0 Å². The quantitative estimate of drug-likeness (QED) is 0.348. The summed E-state index contributed by atoms with van der Waals surface area (Å²) in [7, 11) is 0. The Labute approximate surface area is 188 Å². The van der Waals surface area contributed by atoms with Crippen molar-refractivity contribution in [2.45, 2.75) is 12.5 Å². The Morgan fingerprint density at radius 3 is 2.44 bits per heavy atom. The van der Waals surface area contributed by atoms with Gasteiger partial charge in [0.1, 0.15) is 17.3 Å². The van der Waals surface area contributed by atoms with E-state index in [0.717, 1.165) is 11.3 Å². The number of aliphatic hydroxyl groups excluding tert-OH is 1. The Balaban J connectivity index is 1.70. The number of anilines is 1. The third kappa shape index (κ3) is 3.29. The number of carbonyl (C=O) groups is 2. The molecule has 3 aromatic rings. The number of Topliss-reactive ketones (excluding diaryl/α,β-unsaturated/α-hetero) is 1. The van der Waals surface area contributed by atoms with Crippen LogP contribution in [0, 0.1) is 0 Å². The number of fused-ring (bicyclic) bond motifs is 1. The number of ketones is 1. The van der Waals surface area contributed by atoms with E-state index in [1.54, 1.807) is 54.6 Å². The Hall–Kier alpha value is -3.77. The highest BCUT2D eigenvalue weighted by Crippen LogP contribution is 2.43. The number of ether oxygens (including phenoxy) is 1. The lowest BCUT2D eigenvalue weighted by Crippen LogP contribution is -2.29. The van der Waals surface area contributed by atoms with Gasteiger partial charge in [0.15, 0.2) is 0 Å². The van der Waals surface area contributed by atoms with Crippen LogP contribution in [0.4, 0.5) is 5.69 Å². The van der Waals surface area contributed by atoms with Crippen LogP contribution < -0.4 is 9.64 Å². The van der Waals surface area contributed by atoms with Gasteiger partial charge in [-0.1, -0.05) is 23.7 Å². The van der Waals surface area contributed by atoms with Gasteiger partial charge in [-0.05, 0) is 65.7 Å². The van der Waals surface area contributed by atoms with E-state index in [0.29, 0.717) is 34.9 Å². The van der Waals surface area contributed by atoms with Crippen LogP contribution in [0.15, 0.2) is 72.3 Å². The third-order valence-corrected chi connectivity index (χ3v) is 5.97. The Morgan fingerprint density at radius 2 is 1.72 bits per heavy atom. The largest absolute Gasteiger partial charge is 0.508 e. The highest BCUT2D eigenvalue weighted by Gasteiger charge is 2.47. The zero-order valence-electron chi connectivity index (χ0n) is 16.8. The lowest BCUT2D eigenvalue weighted by molar-refractivity contribution is -0.132. The van der Waals surface area contributed by atoms with Gasteiger partial charge < -0.3 is 14.9 Å². The maximum Gasteiger partial charge on any atom is 0.300 e. The fourth-order valence-corrected chi connectivity index (χ4v) is 4.29. The second kappa shape index (κ2) is 7.73. The Morgan fingerprint density at radius 1 is 1.00 bits per heavy atom. The summed E-state index contributed by atoms with van der Waals surface area (Å²) < 4.78 is 5.52. The molecular formula is C25H18ClNO5. The molecule has 0 aromatic heterocycles. The van der Waals surface area contributed by atoms with Gasteiger partial charge in [0.05, 0.1) is 18.2 Å². The first-order chi connectivity index (χ1) is 15.4. The summed E-state index contributed by atoms with van der Waals surface area (Å²) in [5.41, 5.74) is 2.39. The molecule has 0 saturated carbocycles. The van der Waals surface area contributed by atoms with Crippen LogP contribution in [-0.4, -0.2) is 28.5 Å². The normalized spacial score (nSPS) is 19.2. The average molecular weight is 448 g/mol. The number of nitrogens with zero attached hydrogens (tertiary/aromatic N) is 1. The van der Waals surface area contributed by atoms with E-state index in [-0.39, 0.29) is 17.1 Å². The number of phenolic OH excluding ortho intramolecular Hbond substituents is 1. The van der Waals surface area contributed by atoms with Gasteiger partial charge in [-0.25, -0.2) is 0 Å². The minimum Gasteiger partial charge on any atom is -0.508 e. The number of hydrogen-bond acceptors (Lipinski definition) is 5. The second-order valence-corrected chi connectivity index (χ2v) is 8.09. The standard InChI is InChI=1S/C25H18ClNO5/c26-17-4-6-18(7-5-17)27-22(14-1-8-19(28)9-2-14)21(24(30)25(27)31)23(29)16-3-10-20-15(13-16)11-12-32-20/h1-10,13,22,28-29H,11-12H2/b23-21-. The molecule has 1 atom stereocenters. The highest BCUT2D eigenvalue weighted by atomic mass is 35.5. The molecule has 2 heterocycles. The van der Waals surface area contributed by atoms with Gasteiger partial charge in [-0.2, -0.15) is 0 Å². The molecule has 0 radical (unpaired) electrons. The molecule has 1 amide bonds. The van der Waals surface area contributed by atoms with Crippen LogP contribution in [0.1, 0.15) is 22.7 Å². The van der Waals surface area contributed by atoms with Crippen molar-refractivity contribution in [1.29, 1.82) is 0 Å². The second-order valence-electron chi connectivity index (χ2n) is 7.66. The lowest BCUT2D eigenvalue weighted by Gasteiger charge is -2.25. The topological polar surface area (TPSA) is 87.1 Å². The minimum absolute atomic E-state index is 0.0190. The molecule has 0 bridgehead atoms. The number of amides is 1. The molecule has 7 heteroatoms. The molecule has 1 unspecified atom stereocenters. The number of phenols is 1. The van der Waals surface area contributed by atoms with Crippen molar-refractivity contribution in [2.24, 2.45) is 0 Å². The minimum atomic E-state index is -0.874. The first-order valence-electron chi connectivity index (χ1n) is 10.1. The number of halogens is 1. The SMILES string of the molecule is O=C1C(=O)N(c2ccc(Cl)cc2)C(c2ccc(O)cc2)/C1=C(/O)c1ccc2c(c1)CCO2. The van der Waals surface area contributed by atoms with Crippen molar-refractivity contribution in [1.82, 2.24) is 0 Å². The summed E-state index contributed by atoms with van der Waals surface area (Å²) in [6, 6.07) is 17.1. The summed E-state index contributed by atoms with van der Waals surface area (Å²) in [6.07, 6.45) is 0.705. The maximum atomic E-state index is 13.1. The van der Waals surface area contributed by atoms with E-state index in [1.165, 1.54) is 17.0 Å². The molecule has 0 spiro atoms. The number of aliphatic hydroxyl groups is 1. The van der Waals surface area contributed by atoms with Gasteiger partial charge >= 0.3 is 0 Å². The third-order valence-electron chi connectivity index (χ3n) is 5.72. The van der Waals surface area contributed by atoms with Crippen LogP contribution in [-0.2, 0) is 16.0 Å². The summed E-state index contributed by atoms with van der Waals surface area (Å²) >= 11 is 6.00. The molecule has 1 saturated heterocycles. The molecule has 3 aromatic carbocycles. The van der Waals surface area contributed by atoms with Gasteiger partial charge in [-0.15, -0.1) is 0 Å². The van der Waals surface area contributed by atoms with Gasteiger partial charge in [0.25, 0.3) is 11.7 Å². The maximum absolute atomic E-state index is 13.1. The van der Waals surface area contributed by atoms with E-state index in [4.69, 9.17) is 16.3 Å². The first-order valence-corrected chi connectivity index (χ1v) is 10.4. The predicted molar refractivity (Wildman–Crippen MR) is 120 cm³/mol. The van der Waals surface area contributed by atoms with Crippen molar-refractivity contribution in [3.05, 3.63) is 94.0 Å². The van der Waals surface area contributed by atoms with E-state index in [2.05, 4.69) is 0 Å². The molecule has 32 heavy (non-hydrogen) atoms. The monoisotopic (exact) mass is 447 g/mol. The van der Waals surface area contributed by atoms with Crippen molar-refractivity contribution in [2.75, 3.05) is 11.5 Å². The molecule has 160 valence electrons. The molecule has 1 fully saturated rings. The van der Waals surface area contributed by atoms with Gasteiger partial charge in [0.2, 0.25) is 0 Å². The first kappa shape index (κ1) is 20.2. The van der Waals surface area contributed by atoms with Crippen LogP contribution >= 0.6 is 11.6 Å². The van der Waals surface area contributed by atoms with E-state index < -0.39 is 17.7 Å². The van der Waals surface area contributed by atoms with Crippen molar-refractivity contribution >= 4 is 34.7 Å². The lowest BCUT2D eigenvalue weighted by atomic mass is 9.94. The van der Waals surface area contributed by atoms with Gasteiger partial charge in [-0.3, -0.25) is 14.5 Å². The zero-order valence-corrected chi connectivity index (χ0v) is 17.5. The molecule has 0 aliphatic carbocycles. The smallest absolute Gasteiger partial charge is 0.300 e. The molecule has 2 aliphatic rings. The summed E-state index contributed by atoms with van der Waals surface area (Å²) in [6.45, 7) is 0.564. The molecule has 5 rings (SSSR count). The van der Waals surface area contributed by atoms with Crippen LogP contribution in [0.5, 0.6) is 11.5 Å². The van der Waals surface area contributed by atoms with Crippen LogP contribution in [0.2, 0.25) is 5.02 Å². The van der Waals surface area contributed by atoms with Gasteiger partial charge in [0, 0.05) is 22.7 Å². The van der Waals surface area contributed by atoms with Crippen molar-refractivity contribution in [3.63, 3.8) is 0 Å². The fraction of sp³-hybridized carbons (Fsp3) is 0.120. The summed E-state index contributed by atoms with van der Waals surface area (Å²) in [4.78, 5) is 27.6. The Bertz CT molecular complexity index is 1260. The molecule has 6 nitrogen and oxygen atoms in total. The highest BCUT2D eigenvalue weighted by molar-refractivity contribution is 6.51. The average Bonchev–Trinajstić information content (AvgIpc) is 3.37. The molecular weight excluding hydrogens is 430 g/mol. The van der Waals surface area contributed by atoms with E-state index in [9.17, 15) is 19.8 Å². The number of rotatable bonds is 3.